The third-order valence-corrected chi connectivity index (χ3v) is 6.98. The Labute approximate surface area is 219 Å². The molecule has 0 aliphatic carbocycles. The average Bonchev–Trinajstić information content (AvgIpc) is 2.90. The highest BCUT2D eigenvalue weighted by atomic mass is 32.2. The lowest BCUT2D eigenvalue weighted by molar-refractivity contribution is -0.384. The molecule has 37 heavy (non-hydrogen) atoms. The van der Waals surface area contributed by atoms with E-state index >= 15 is 0 Å². The summed E-state index contributed by atoms with van der Waals surface area (Å²) in [7, 11) is 0. The molecule has 4 aromatic carbocycles. The Morgan fingerprint density at radius 1 is 0.838 bits per heavy atom. The van der Waals surface area contributed by atoms with Crippen LogP contribution in [-0.4, -0.2) is 16.7 Å². The summed E-state index contributed by atoms with van der Waals surface area (Å²) in [5.74, 6) is -0.495. The summed E-state index contributed by atoms with van der Waals surface area (Å²) < 4.78 is 0. The van der Waals surface area contributed by atoms with Crippen LogP contribution in [0.25, 0.3) is 0 Å². The van der Waals surface area contributed by atoms with Crippen molar-refractivity contribution in [1.29, 1.82) is 0 Å². The second kappa shape index (κ2) is 11.5. The van der Waals surface area contributed by atoms with E-state index in [4.69, 9.17) is 0 Å². The molecule has 0 aliphatic heterocycles. The Bertz CT molecular complexity index is 1420. The van der Waals surface area contributed by atoms with Gasteiger partial charge >= 0.3 is 0 Å². The van der Waals surface area contributed by atoms with Crippen molar-refractivity contribution in [2.75, 3.05) is 10.6 Å². The van der Waals surface area contributed by atoms with Crippen LogP contribution in [-0.2, 0) is 4.79 Å². The first-order chi connectivity index (χ1) is 17.8. The quantitative estimate of drug-likeness (QED) is 0.152. The molecule has 1 atom stereocenters. The lowest BCUT2D eigenvalue weighted by Gasteiger charge is -2.18. The lowest BCUT2D eigenvalue weighted by atomic mass is 10.1. The third kappa shape index (κ3) is 6.62. The number of carbonyl (C=O) groups excluding carboxylic acids is 2. The summed E-state index contributed by atoms with van der Waals surface area (Å²) in [6.45, 7) is 3.75. The smallest absolute Gasteiger partial charge is 0.271 e. The van der Waals surface area contributed by atoms with Gasteiger partial charge in [0.05, 0.1) is 10.6 Å². The van der Waals surface area contributed by atoms with E-state index in [9.17, 15) is 19.7 Å². The summed E-state index contributed by atoms with van der Waals surface area (Å²) in [5, 5.41) is 16.3. The van der Waals surface area contributed by atoms with Crippen LogP contribution in [0, 0.1) is 24.0 Å². The van der Waals surface area contributed by atoms with Gasteiger partial charge in [0.2, 0.25) is 5.91 Å². The molecule has 2 N–H and O–H groups in total. The van der Waals surface area contributed by atoms with Crippen molar-refractivity contribution in [2.45, 2.75) is 24.0 Å². The highest BCUT2D eigenvalue weighted by Gasteiger charge is 2.23. The van der Waals surface area contributed by atoms with E-state index in [1.807, 2.05) is 61.5 Å². The Kier molecular flexibility index (Phi) is 8.00. The van der Waals surface area contributed by atoms with Crippen molar-refractivity contribution in [2.24, 2.45) is 0 Å². The Morgan fingerprint density at radius 3 is 2.16 bits per heavy atom. The molecule has 0 saturated heterocycles. The maximum Gasteiger partial charge on any atom is 0.271 e. The van der Waals surface area contributed by atoms with Crippen molar-refractivity contribution in [3.63, 3.8) is 0 Å². The molecule has 8 heteroatoms. The molecule has 0 aromatic heterocycles. The van der Waals surface area contributed by atoms with Gasteiger partial charge in [-0.3, -0.25) is 19.7 Å². The number of hydrogen-bond acceptors (Lipinski definition) is 5. The summed E-state index contributed by atoms with van der Waals surface area (Å²) in [4.78, 5) is 37.4. The minimum absolute atomic E-state index is 0.0897. The second-order valence-electron chi connectivity index (χ2n) is 8.50. The molecule has 0 saturated carbocycles. The van der Waals surface area contributed by atoms with Crippen LogP contribution in [0.2, 0.25) is 0 Å². The van der Waals surface area contributed by atoms with E-state index in [1.165, 1.54) is 23.9 Å². The van der Waals surface area contributed by atoms with Crippen LogP contribution in [0.3, 0.4) is 0 Å². The monoisotopic (exact) mass is 511 g/mol. The van der Waals surface area contributed by atoms with Gasteiger partial charge in [-0.05, 0) is 61.4 Å². The number of amides is 2. The molecule has 2 amide bonds. The number of carbonyl (C=O) groups is 2. The van der Waals surface area contributed by atoms with Gasteiger partial charge in [0.15, 0.2) is 0 Å². The fourth-order valence-corrected chi connectivity index (χ4v) is 4.64. The van der Waals surface area contributed by atoms with Crippen molar-refractivity contribution in [3.8, 4) is 0 Å². The Morgan fingerprint density at radius 2 is 1.51 bits per heavy atom. The molecule has 0 heterocycles. The first-order valence-electron chi connectivity index (χ1n) is 11.6. The molecule has 0 radical (unpaired) electrons. The van der Waals surface area contributed by atoms with Gasteiger partial charge in [-0.15, -0.1) is 11.8 Å². The van der Waals surface area contributed by atoms with Gasteiger partial charge in [0, 0.05) is 28.3 Å². The molecular formula is C29H25N3O4S. The number of anilines is 2. The summed E-state index contributed by atoms with van der Waals surface area (Å²) in [6.07, 6.45) is 0. The van der Waals surface area contributed by atoms with Gasteiger partial charge in [-0.25, -0.2) is 0 Å². The molecule has 0 bridgehead atoms. The molecule has 4 aromatic rings. The number of rotatable bonds is 8. The summed E-state index contributed by atoms with van der Waals surface area (Å²) in [5.41, 5.74) is 4.12. The van der Waals surface area contributed by atoms with Crippen molar-refractivity contribution in [1.82, 2.24) is 0 Å². The number of nitrogens with one attached hydrogen (secondary N) is 2. The predicted molar refractivity (Wildman–Crippen MR) is 147 cm³/mol. The van der Waals surface area contributed by atoms with E-state index in [2.05, 4.69) is 10.6 Å². The normalized spacial score (nSPS) is 11.4. The maximum absolute atomic E-state index is 13.4. The second-order valence-corrected chi connectivity index (χ2v) is 9.68. The standard InChI is InChI=1S/C29H25N3O4S/c1-19-8-11-22(12-9-19)28(33)30-23-13-16-25(17-14-23)37-27(21-6-4-3-5-7-21)29(34)31-26-18-24(32(35)36)15-10-20(26)2/h3-18,27H,1-2H3,(H,30,33)(H,31,34). The molecule has 7 nitrogen and oxygen atoms in total. The highest BCUT2D eigenvalue weighted by Crippen LogP contribution is 2.37. The Balaban J connectivity index is 1.51. The van der Waals surface area contributed by atoms with Crippen LogP contribution in [0.15, 0.2) is 102 Å². The number of non-ortho nitro benzene ring substituents is 1. The zero-order valence-electron chi connectivity index (χ0n) is 20.3. The van der Waals surface area contributed by atoms with Crippen LogP contribution < -0.4 is 10.6 Å². The summed E-state index contributed by atoms with van der Waals surface area (Å²) >= 11 is 1.35. The lowest BCUT2D eigenvalue weighted by Crippen LogP contribution is -2.19. The largest absolute Gasteiger partial charge is 0.324 e. The first-order valence-corrected chi connectivity index (χ1v) is 12.4. The maximum atomic E-state index is 13.4. The van der Waals surface area contributed by atoms with Gasteiger partial charge in [0.25, 0.3) is 11.6 Å². The predicted octanol–water partition coefficient (Wildman–Crippen LogP) is 6.94. The molecule has 186 valence electrons. The minimum Gasteiger partial charge on any atom is -0.324 e. The number of aryl methyl sites for hydroxylation is 2. The van der Waals surface area contributed by atoms with Gasteiger partial charge in [-0.2, -0.15) is 0 Å². The SMILES string of the molecule is Cc1ccc(C(=O)Nc2ccc(SC(C(=O)Nc3cc([N+](=O)[O-])ccc3C)c3ccccc3)cc2)cc1. The van der Waals surface area contributed by atoms with Crippen LogP contribution in [0.5, 0.6) is 0 Å². The third-order valence-electron chi connectivity index (χ3n) is 5.71. The first kappa shape index (κ1) is 25.7. The van der Waals surface area contributed by atoms with Gasteiger partial charge in [0.1, 0.15) is 5.25 Å². The fourth-order valence-electron chi connectivity index (χ4n) is 3.62. The number of nitrogens with zero attached hydrogens (tertiary/aromatic N) is 1. The molecule has 0 spiro atoms. The van der Waals surface area contributed by atoms with Crippen LogP contribution in [0.4, 0.5) is 17.1 Å². The van der Waals surface area contributed by atoms with Gasteiger partial charge < -0.3 is 10.6 Å². The van der Waals surface area contributed by atoms with E-state index in [0.717, 1.165) is 21.6 Å². The highest BCUT2D eigenvalue weighted by molar-refractivity contribution is 8.00. The van der Waals surface area contributed by atoms with Crippen LogP contribution >= 0.6 is 11.8 Å². The van der Waals surface area contributed by atoms with Crippen molar-refractivity contribution < 1.29 is 14.5 Å². The fraction of sp³-hybridized carbons (Fsp3) is 0.103. The molecule has 1 unspecified atom stereocenters. The molecular weight excluding hydrogens is 486 g/mol. The topological polar surface area (TPSA) is 101 Å². The summed E-state index contributed by atoms with van der Waals surface area (Å²) in [6, 6.07) is 28.3. The number of nitro groups is 1. The average molecular weight is 512 g/mol. The van der Waals surface area contributed by atoms with Crippen molar-refractivity contribution >= 4 is 40.6 Å². The molecule has 0 aliphatic rings. The van der Waals surface area contributed by atoms with E-state index < -0.39 is 10.2 Å². The van der Waals surface area contributed by atoms with Gasteiger partial charge in [-0.1, -0.05) is 54.1 Å². The van der Waals surface area contributed by atoms with Crippen LogP contribution in [0.1, 0.15) is 32.3 Å². The Hall–Kier alpha value is -4.43. The van der Waals surface area contributed by atoms with E-state index in [-0.39, 0.29) is 17.5 Å². The number of nitro benzene ring substituents is 1. The van der Waals surface area contributed by atoms with E-state index in [1.54, 1.807) is 37.3 Å². The minimum atomic E-state index is -0.604. The van der Waals surface area contributed by atoms with E-state index in [0.29, 0.717) is 16.9 Å². The van der Waals surface area contributed by atoms with Crippen molar-refractivity contribution in [3.05, 3.63) is 129 Å². The number of benzene rings is 4. The molecule has 4 rings (SSSR count). The molecule has 0 fully saturated rings. The zero-order valence-corrected chi connectivity index (χ0v) is 21.1. The zero-order chi connectivity index (χ0) is 26.4. The number of thioether (sulfide) groups is 1. The number of hydrogen-bond donors (Lipinski definition) is 2.